The molecule has 1 fully saturated rings. The quantitative estimate of drug-likeness (QED) is 0.343. The average Bonchev–Trinajstić information content (AvgIpc) is 2.51. The molecule has 2 rings (SSSR count). The highest BCUT2D eigenvalue weighted by molar-refractivity contribution is 14.0. The van der Waals surface area contributed by atoms with Crippen LogP contribution in [-0.2, 0) is 0 Å². The lowest BCUT2D eigenvalue weighted by atomic mass is 10.1. The van der Waals surface area contributed by atoms with Crippen molar-refractivity contribution in [3.63, 3.8) is 0 Å². The van der Waals surface area contributed by atoms with E-state index in [1.807, 2.05) is 19.2 Å². The van der Waals surface area contributed by atoms with E-state index in [0.29, 0.717) is 0 Å². The molecule has 6 heteroatoms. The predicted molar refractivity (Wildman–Crippen MR) is 107 cm³/mol. The molecule has 0 unspecified atom stereocenters. The average molecular weight is 435 g/mol. The van der Waals surface area contributed by atoms with Gasteiger partial charge in [0.15, 0.2) is 5.96 Å². The smallest absolute Gasteiger partial charge is 0.194 e. The zero-order chi connectivity index (χ0) is 15.2. The zero-order valence-electron chi connectivity index (χ0n) is 13.2. The third-order valence-corrected chi connectivity index (χ3v) is 3.94. The lowest BCUT2D eigenvalue weighted by Crippen LogP contribution is -2.52. The van der Waals surface area contributed by atoms with E-state index in [9.17, 15) is 0 Å². The normalized spacial score (nSPS) is 15.3. The predicted octanol–water partition coefficient (Wildman–Crippen LogP) is 3.15. The maximum absolute atomic E-state index is 6.12. The Kier molecular flexibility index (Phi) is 8.03. The number of benzene rings is 1. The summed E-state index contributed by atoms with van der Waals surface area (Å²) in [4.78, 5) is 8.99. The molecular formula is C16H24ClIN4. The van der Waals surface area contributed by atoms with Gasteiger partial charge in [-0.25, -0.2) is 0 Å². The molecule has 0 amide bonds. The minimum absolute atomic E-state index is 0. The van der Waals surface area contributed by atoms with Gasteiger partial charge < -0.3 is 15.1 Å². The summed E-state index contributed by atoms with van der Waals surface area (Å²) >= 11 is 6.12. The van der Waals surface area contributed by atoms with E-state index in [-0.39, 0.29) is 24.0 Å². The van der Waals surface area contributed by atoms with Gasteiger partial charge in [-0.2, -0.15) is 0 Å². The van der Waals surface area contributed by atoms with Crippen LogP contribution in [0.15, 0.2) is 35.8 Å². The van der Waals surface area contributed by atoms with Gasteiger partial charge in [-0.1, -0.05) is 23.7 Å². The van der Waals surface area contributed by atoms with E-state index in [0.717, 1.165) is 43.7 Å². The summed E-state index contributed by atoms with van der Waals surface area (Å²) in [5, 5.41) is 4.08. The number of aliphatic imine (C=N–C) groups is 1. The van der Waals surface area contributed by atoms with Crippen molar-refractivity contribution < 1.29 is 0 Å². The van der Waals surface area contributed by atoms with Gasteiger partial charge >= 0.3 is 0 Å². The number of hydrogen-bond acceptors (Lipinski definition) is 2. The van der Waals surface area contributed by atoms with Gasteiger partial charge in [-0.05, 0) is 24.6 Å². The highest BCUT2D eigenvalue weighted by Crippen LogP contribution is 2.25. The van der Waals surface area contributed by atoms with Crippen LogP contribution in [0.4, 0.5) is 5.69 Å². The number of nitrogens with zero attached hydrogens (tertiary/aromatic N) is 3. The molecule has 0 atom stereocenters. The molecule has 4 nitrogen and oxygen atoms in total. The maximum Gasteiger partial charge on any atom is 0.194 e. The molecule has 1 N–H and O–H groups in total. The van der Waals surface area contributed by atoms with Gasteiger partial charge in [-0.3, -0.25) is 4.99 Å². The van der Waals surface area contributed by atoms with Crippen LogP contribution in [0.3, 0.4) is 0 Å². The van der Waals surface area contributed by atoms with Crippen LogP contribution in [0.1, 0.15) is 5.56 Å². The molecule has 1 aliphatic rings. The van der Waals surface area contributed by atoms with E-state index < -0.39 is 0 Å². The van der Waals surface area contributed by atoms with Crippen molar-refractivity contribution in [1.29, 1.82) is 0 Å². The Morgan fingerprint density at radius 1 is 1.36 bits per heavy atom. The van der Waals surface area contributed by atoms with Gasteiger partial charge in [0.05, 0.1) is 0 Å². The summed E-state index contributed by atoms with van der Waals surface area (Å²) in [7, 11) is 1.82. The molecule has 0 bridgehead atoms. The minimum atomic E-state index is 0. The first kappa shape index (κ1) is 19.1. The van der Waals surface area contributed by atoms with Crippen LogP contribution >= 0.6 is 35.6 Å². The number of aryl methyl sites for hydroxylation is 1. The first-order chi connectivity index (χ1) is 10.2. The molecule has 1 aromatic rings. The summed E-state index contributed by atoms with van der Waals surface area (Å²) in [6.07, 6.45) is 1.84. The van der Waals surface area contributed by atoms with Crippen molar-refractivity contribution in [2.24, 2.45) is 4.99 Å². The van der Waals surface area contributed by atoms with Gasteiger partial charge in [0.2, 0.25) is 0 Å². The molecule has 1 saturated heterocycles. The van der Waals surface area contributed by atoms with Crippen LogP contribution in [0.25, 0.3) is 0 Å². The molecule has 0 aliphatic carbocycles. The Morgan fingerprint density at radius 3 is 2.64 bits per heavy atom. The highest BCUT2D eigenvalue weighted by atomic mass is 127. The summed E-state index contributed by atoms with van der Waals surface area (Å²) in [6.45, 7) is 10.4. The largest absolute Gasteiger partial charge is 0.368 e. The summed E-state index contributed by atoms with van der Waals surface area (Å²) in [6, 6.07) is 6.07. The SMILES string of the molecule is C=CCNC(=NC)N1CCN(c2cc(Cl)ccc2C)CC1.I. The Balaban J connectivity index is 0.00000242. The number of nitrogens with one attached hydrogen (secondary N) is 1. The number of piperazine rings is 1. The van der Waals surface area contributed by atoms with Crippen molar-refractivity contribution in [3.8, 4) is 0 Å². The van der Waals surface area contributed by atoms with Gasteiger partial charge in [0.25, 0.3) is 0 Å². The summed E-state index contributed by atoms with van der Waals surface area (Å²) in [5.74, 6) is 0.942. The fourth-order valence-electron chi connectivity index (χ4n) is 2.58. The molecule has 1 heterocycles. The molecule has 0 saturated carbocycles. The second-order valence-electron chi connectivity index (χ2n) is 5.12. The number of hydrogen-bond donors (Lipinski definition) is 1. The Bertz CT molecular complexity index is 525. The standard InChI is InChI=1S/C16H23ClN4.HI/c1-4-7-19-16(18-3)21-10-8-20(9-11-21)15-12-14(17)6-5-13(15)2;/h4-6,12H,1,7-11H2,2-3H3,(H,18,19);1H. The molecule has 22 heavy (non-hydrogen) atoms. The van der Waals surface area contributed by atoms with Crippen LogP contribution in [0.5, 0.6) is 0 Å². The molecule has 1 aromatic carbocycles. The molecule has 1 aliphatic heterocycles. The first-order valence-corrected chi connectivity index (χ1v) is 7.61. The van der Waals surface area contributed by atoms with Crippen molar-refractivity contribution >= 4 is 47.2 Å². The summed E-state index contributed by atoms with van der Waals surface area (Å²) < 4.78 is 0. The van der Waals surface area contributed by atoms with E-state index in [2.05, 4.69) is 45.7 Å². The number of anilines is 1. The Labute approximate surface area is 155 Å². The first-order valence-electron chi connectivity index (χ1n) is 7.23. The maximum atomic E-state index is 6.12. The minimum Gasteiger partial charge on any atom is -0.368 e. The second kappa shape index (κ2) is 9.25. The zero-order valence-corrected chi connectivity index (χ0v) is 16.3. The molecule has 122 valence electrons. The van der Waals surface area contributed by atoms with Crippen molar-refractivity contribution in [2.75, 3.05) is 44.7 Å². The van der Waals surface area contributed by atoms with Crippen LogP contribution in [0.2, 0.25) is 5.02 Å². The van der Waals surface area contributed by atoms with Gasteiger partial charge in [0, 0.05) is 50.5 Å². The van der Waals surface area contributed by atoms with Crippen LogP contribution in [-0.4, -0.2) is 50.6 Å². The fraction of sp³-hybridized carbons (Fsp3) is 0.438. The Morgan fingerprint density at radius 2 is 2.05 bits per heavy atom. The molecule has 0 spiro atoms. The monoisotopic (exact) mass is 434 g/mol. The number of guanidine groups is 1. The number of halogens is 2. The van der Waals surface area contributed by atoms with E-state index >= 15 is 0 Å². The molecule has 0 radical (unpaired) electrons. The van der Waals surface area contributed by atoms with Crippen molar-refractivity contribution in [3.05, 3.63) is 41.4 Å². The van der Waals surface area contributed by atoms with E-state index in [1.54, 1.807) is 0 Å². The number of rotatable bonds is 3. The third-order valence-electron chi connectivity index (χ3n) is 3.71. The molecule has 0 aromatic heterocycles. The lowest BCUT2D eigenvalue weighted by Gasteiger charge is -2.38. The highest BCUT2D eigenvalue weighted by Gasteiger charge is 2.20. The molecular weight excluding hydrogens is 411 g/mol. The van der Waals surface area contributed by atoms with E-state index in [4.69, 9.17) is 11.6 Å². The lowest BCUT2D eigenvalue weighted by molar-refractivity contribution is 0.374. The van der Waals surface area contributed by atoms with Gasteiger partial charge in [0.1, 0.15) is 0 Å². The van der Waals surface area contributed by atoms with E-state index in [1.165, 1.54) is 11.3 Å². The fourth-order valence-corrected chi connectivity index (χ4v) is 2.74. The van der Waals surface area contributed by atoms with Crippen molar-refractivity contribution in [2.45, 2.75) is 6.92 Å². The van der Waals surface area contributed by atoms with Crippen LogP contribution in [0, 0.1) is 6.92 Å². The topological polar surface area (TPSA) is 30.9 Å². The third kappa shape index (κ3) is 4.78. The Hall–Kier alpha value is -0.950. The summed E-state index contributed by atoms with van der Waals surface area (Å²) in [5.41, 5.74) is 2.50. The second-order valence-corrected chi connectivity index (χ2v) is 5.56. The van der Waals surface area contributed by atoms with Crippen LogP contribution < -0.4 is 10.2 Å². The van der Waals surface area contributed by atoms with Crippen molar-refractivity contribution in [1.82, 2.24) is 10.2 Å². The van der Waals surface area contributed by atoms with Gasteiger partial charge in [-0.15, -0.1) is 30.6 Å².